The summed E-state index contributed by atoms with van der Waals surface area (Å²) in [5.41, 5.74) is 1.08. The molecule has 4 heteroatoms. The lowest BCUT2D eigenvalue weighted by atomic mass is 9.83. The van der Waals surface area contributed by atoms with Gasteiger partial charge in [-0.05, 0) is 43.9 Å². The van der Waals surface area contributed by atoms with Crippen LogP contribution in [-0.2, 0) is 4.74 Å². The summed E-state index contributed by atoms with van der Waals surface area (Å²) in [7, 11) is 0. The first kappa shape index (κ1) is 14.5. The van der Waals surface area contributed by atoms with E-state index >= 15 is 0 Å². The molecule has 1 heterocycles. The Bertz CT molecular complexity index is 472. The molecule has 0 bridgehead atoms. The lowest BCUT2D eigenvalue weighted by Gasteiger charge is -2.33. The smallest absolute Gasteiger partial charge is 0.0756 e. The van der Waals surface area contributed by atoms with Gasteiger partial charge in [0.15, 0.2) is 0 Å². The van der Waals surface area contributed by atoms with Gasteiger partial charge in [0.2, 0.25) is 0 Å². The average molecular weight is 314 g/mol. The van der Waals surface area contributed by atoms with E-state index in [1.165, 1.54) is 38.5 Å². The molecule has 2 fully saturated rings. The van der Waals surface area contributed by atoms with Gasteiger partial charge in [-0.3, -0.25) is 0 Å². The molecule has 2 nitrogen and oxygen atoms in total. The molecule has 1 saturated heterocycles. The molecule has 110 valence electrons. The lowest BCUT2D eigenvalue weighted by molar-refractivity contribution is -0.0588. The van der Waals surface area contributed by atoms with Crippen LogP contribution in [0.2, 0.25) is 10.0 Å². The van der Waals surface area contributed by atoms with Crippen molar-refractivity contribution < 1.29 is 4.74 Å². The molecule has 0 amide bonds. The van der Waals surface area contributed by atoms with E-state index in [9.17, 15) is 0 Å². The van der Waals surface area contributed by atoms with Crippen LogP contribution in [0.15, 0.2) is 18.2 Å². The standard InChI is InChI=1S/C16H21Cl2NO/c17-12-4-5-14(18)15(10-12)19-11-13-6-9-16(20-13)7-2-1-3-8-16/h4-5,10,13,19H,1-3,6-9,11H2. The maximum atomic E-state index is 6.34. The number of hydrogen-bond acceptors (Lipinski definition) is 2. The molecule has 0 radical (unpaired) electrons. The molecule has 20 heavy (non-hydrogen) atoms. The molecule has 1 aromatic rings. The quantitative estimate of drug-likeness (QED) is 0.819. The zero-order chi connectivity index (χ0) is 14.0. The molecule has 0 aromatic heterocycles. The van der Waals surface area contributed by atoms with Crippen LogP contribution in [0.1, 0.15) is 44.9 Å². The van der Waals surface area contributed by atoms with E-state index in [0.717, 1.165) is 18.7 Å². The van der Waals surface area contributed by atoms with Gasteiger partial charge >= 0.3 is 0 Å². The van der Waals surface area contributed by atoms with Gasteiger partial charge in [0.05, 0.1) is 22.4 Å². The van der Waals surface area contributed by atoms with E-state index in [4.69, 9.17) is 27.9 Å². The van der Waals surface area contributed by atoms with Crippen molar-refractivity contribution in [2.75, 3.05) is 11.9 Å². The van der Waals surface area contributed by atoms with Crippen molar-refractivity contribution in [3.8, 4) is 0 Å². The first-order valence-corrected chi connectivity index (χ1v) is 8.29. The number of nitrogens with one attached hydrogen (secondary N) is 1. The summed E-state index contributed by atoms with van der Waals surface area (Å²) in [6, 6.07) is 5.50. The Labute approximate surface area is 130 Å². The Hall–Kier alpha value is -0.440. The molecule has 1 unspecified atom stereocenters. The molecule has 1 aromatic carbocycles. The Morgan fingerprint density at radius 1 is 1.15 bits per heavy atom. The summed E-state index contributed by atoms with van der Waals surface area (Å²) < 4.78 is 6.34. The van der Waals surface area contributed by atoms with E-state index in [1.807, 2.05) is 12.1 Å². The minimum atomic E-state index is 0.183. The summed E-state index contributed by atoms with van der Waals surface area (Å²) in [5.74, 6) is 0. The van der Waals surface area contributed by atoms with E-state index in [1.54, 1.807) is 6.07 Å². The Kier molecular flexibility index (Phi) is 4.44. The molecule has 1 aliphatic carbocycles. The van der Waals surface area contributed by atoms with Gasteiger partial charge < -0.3 is 10.1 Å². The number of hydrogen-bond donors (Lipinski definition) is 1. The van der Waals surface area contributed by atoms with E-state index in [-0.39, 0.29) is 5.60 Å². The van der Waals surface area contributed by atoms with E-state index in [2.05, 4.69) is 5.32 Å². The van der Waals surface area contributed by atoms with Crippen molar-refractivity contribution in [3.63, 3.8) is 0 Å². The van der Waals surface area contributed by atoms with Crippen LogP contribution >= 0.6 is 23.2 Å². The number of rotatable bonds is 3. The second kappa shape index (κ2) is 6.13. The highest BCUT2D eigenvalue weighted by Gasteiger charge is 2.40. The third-order valence-electron chi connectivity index (χ3n) is 4.55. The molecular weight excluding hydrogens is 293 g/mol. The molecule has 1 atom stereocenters. The number of ether oxygens (including phenoxy) is 1. The fourth-order valence-electron chi connectivity index (χ4n) is 3.46. The van der Waals surface area contributed by atoms with Gasteiger partial charge in [0, 0.05) is 11.6 Å². The van der Waals surface area contributed by atoms with Gasteiger partial charge in [-0.1, -0.05) is 42.5 Å². The second-order valence-electron chi connectivity index (χ2n) is 6.03. The minimum absolute atomic E-state index is 0.183. The predicted molar refractivity (Wildman–Crippen MR) is 84.9 cm³/mol. The van der Waals surface area contributed by atoms with Crippen molar-refractivity contribution in [2.24, 2.45) is 0 Å². The summed E-state index contributed by atoms with van der Waals surface area (Å²) >= 11 is 12.2. The first-order chi connectivity index (χ1) is 9.67. The molecule has 2 aliphatic rings. The second-order valence-corrected chi connectivity index (χ2v) is 6.87. The van der Waals surface area contributed by atoms with Crippen LogP contribution in [0.4, 0.5) is 5.69 Å². The highest BCUT2D eigenvalue weighted by Crippen LogP contribution is 2.42. The average Bonchev–Trinajstić information content (AvgIpc) is 2.84. The Morgan fingerprint density at radius 3 is 2.75 bits per heavy atom. The van der Waals surface area contributed by atoms with E-state index in [0.29, 0.717) is 16.1 Å². The molecule has 3 rings (SSSR count). The van der Waals surface area contributed by atoms with E-state index < -0.39 is 0 Å². The predicted octanol–water partition coefficient (Wildman–Crippen LogP) is 5.29. The summed E-state index contributed by atoms with van der Waals surface area (Å²) in [6.45, 7) is 0.807. The Morgan fingerprint density at radius 2 is 1.95 bits per heavy atom. The van der Waals surface area contributed by atoms with Crippen molar-refractivity contribution >= 4 is 28.9 Å². The van der Waals surface area contributed by atoms with Crippen LogP contribution < -0.4 is 5.32 Å². The Balaban J connectivity index is 1.56. The highest BCUT2D eigenvalue weighted by atomic mass is 35.5. The number of benzene rings is 1. The summed E-state index contributed by atoms with van der Waals surface area (Å²) in [4.78, 5) is 0. The fraction of sp³-hybridized carbons (Fsp3) is 0.625. The monoisotopic (exact) mass is 313 g/mol. The maximum Gasteiger partial charge on any atom is 0.0756 e. The van der Waals surface area contributed by atoms with Gasteiger partial charge in [-0.25, -0.2) is 0 Å². The normalized spacial score (nSPS) is 25.0. The van der Waals surface area contributed by atoms with Gasteiger partial charge in [0.1, 0.15) is 0 Å². The summed E-state index contributed by atoms with van der Waals surface area (Å²) in [6.07, 6.45) is 9.13. The molecule has 1 saturated carbocycles. The fourth-order valence-corrected chi connectivity index (χ4v) is 3.82. The van der Waals surface area contributed by atoms with Crippen LogP contribution in [0.3, 0.4) is 0 Å². The molecule has 1 spiro atoms. The van der Waals surface area contributed by atoms with Crippen LogP contribution in [0.25, 0.3) is 0 Å². The van der Waals surface area contributed by atoms with Crippen molar-refractivity contribution in [2.45, 2.75) is 56.7 Å². The third-order valence-corrected chi connectivity index (χ3v) is 5.12. The first-order valence-electron chi connectivity index (χ1n) is 7.54. The number of anilines is 1. The van der Waals surface area contributed by atoms with Crippen LogP contribution in [0.5, 0.6) is 0 Å². The van der Waals surface area contributed by atoms with Crippen molar-refractivity contribution in [3.05, 3.63) is 28.2 Å². The summed E-state index contributed by atoms with van der Waals surface area (Å²) in [5, 5.41) is 4.79. The number of halogens is 2. The minimum Gasteiger partial charge on any atom is -0.381 e. The highest BCUT2D eigenvalue weighted by molar-refractivity contribution is 6.35. The SMILES string of the molecule is Clc1ccc(Cl)c(NCC2CCC3(CCCCC3)O2)c1. The lowest BCUT2D eigenvalue weighted by Crippen LogP contribution is -2.33. The zero-order valence-electron chi connectivity index (χ0n) is 11.6. The van der Waals surface area contributed by atoms with Gasteiger partial charge in [-0.2, -0.15) is 0 Å². The van der Waals surface area contributed by atoms with Crippen LogP contribution in [0, 0.1) is 0 Å². The van der Waals surface area contributed by atoms with Crippen molar-refractivity contribution in [1.82, 2.24) is 0 Å². The third kappa shape index (κ3) is 3.24. The molecule has 1 aliphatic heterocycles. The van der Waals surface area contributed by atoms with Gasteiger partial charge in [-0.15, -0.1) is 0 Å². The zero-order valence-corrected chi connectivity index (χ0v) is 13.1. The van der Waals surface area contributed by atoms with Gasteiger partial charge in [0.25, 0.3) is 0 Å². The maximum absolute atomic E-state index is 6.34. The largest absolute Gasteiger partial charge is 0.381 e. The topological polar surface area (TPSA) is 21.3 Å². The molecule has 1 N–H and O–H groups in total. The van der Waals surface area contributed by atoms with Crippen molar-refractivity contribution in [1.29, 1.82) is 0 Å². The van der Waals surface area contributed by atoms with Crippen LogP contribution in [-0.4, -0.2) is 18.2 Å². The molecular formula is C16H21Cl2NO.